The Morgan fingerprint density at radius 1 is 0.387 bits per heavy atom. The summed E-state index contributed by atoms with van der Waals surface area (Å²) in [5, 5.41) is 31.9. The summed E-state index contributed by atoms with van der Waals surface area (Å²) in [5.74, 6) is -3.57. The van der Waals surface area contributed by atoms with Crippen molar-refractivity contribution < 1.29 is 114 Å². The lowest BCUT2D eigenvalue weighted by Crippen LogP contribution is -2.53. The molecular formula is C85H94N9O24S6+. The van der Waals surface area contributed by atoms with Crippen molar-refractivity contribution in [2.45, 2.75) is 133 Å². The lowest BCUT2D eigenvalue weighted by molar-refractivity contribution is -0.201. The predicted molar refractivity (Wildman–Crippen MR) is 457 cm³/mol. The highest BCUT2D eigenvalue weighted by molar-refractivity contribution is 8.00. The number of rotatable bonds is 36. The fourth-order valence-electron chi connectivity index (χ4n) is 10.9. The van der Waals surface area contributed by atoms with Crippen molar-refractivity contribution in [2.75, 3.05) is 50.1 Å². The Morgan fingerprint density at radius 3 is 0.952 bits per heavy atom. The minimum absolute atomic E-state index is 0. The number of nitrogens with two attached hydrogens (primary N) is 1. The van der Waals surface area contributed by atoms with Crippen LogP contribution in [0.4, 0.5) is 14.4 Å². The van der Waals surface area contributed by atoms with Gasteiger partial charge in [-0.15, -0.1) is 0 Å². The molecular weight excluding hydrogens is 1720 g/mol. The summed E-state index contributed by atoms with van der Waals surface area (Å²) in [7, 11) is -12.1. The molecule has 2 saturated heterocycles. The third-order valence-electron chi connectivity index (χ3n) is 17.2. The molecule has 2 aliphatic rings. The van der Waals surface area contributed by atoms with Crippen molar-refractivity contribution in [1.82, 2.24) is 42.9 Å². The molecule has 0 aromatic heterocycles. The maximum Gasteiger partial charge on any atom is 1.00 e. The Bertz CT molecular complexity index is 5230. The van der Waals surface area contributed by atoms with Gasteiger partial charge in [0.25, 0.3) is 11.8 Å². The fourth-order valence-corrected chi connectivity index (χ4v) is 17.7. The summed E-state index contributed by atoms with van der Waals surface area (Å²) >= 11 is 4.38. The molecule has 0 spiro atoms. The molecule has 5 atom stereocenters. The second-order valence-electron chi connectivity index (χ2n) is 26.7. The minimum Gasteiger partial charge on any atom is -0.480 e. The number of hydroxylamine groups is 2. The molecule has 2 heterocycles. The monoisotopic (exact) mass is 1820 g/mol. The molecule has 11 rings (SSSR count). The van der Waals surface area contributed by atoms with Crippen LogP contribution < -0.4 is 48.8 Å². The number of sulfone groups is 3. The maximum atomic E-state index is 13.3. The normalized spacial score (nSPS) is 14.3. The molecule has 9 aromatic carbocycles. The summed E-state index contributed by atoms with van der Waals surface area (Å²) in [6, 6.07) is 69.0. The number of alkyl carbamates (subject to hydrolysis) is 3. The number of hydrogen-bond acceptors (Lipinski definition) is 27. The number of carboxylic acids is 1. The molecule has 124 heavy (non-hydrogen) atoms. The van der Waals surface area contributed by atoms with Crippen molar-refractivity contribution in [2.24, 2.45) is 5.90 Å². The van der Waals surface area contributed by atoms with Gasteiger partial charge >= 0.3 is 25.7 Å². The third kappa shape index (κ3) is 36.4. The first-order valence-electron chi connectivity index (χ1n) is 38.3. The van der Waals surface area contributed by atoms with Gasteiger partial charge in [-0.3, -0.25) is 34.0 Å². The van der Waals surface area contributed by atoms with Crippen LogP contribution in [-0.2, 0) is 111 Å². The van der Waals surface area contributed by atoms with E-state index in [-0.39, 0.29) is 42.2 Å². The Balaban J connectivity index is 0.000000246. The number of ether oxygens (including phenoxy) is 5. The van der Waals surface area contributed by atoms with E-state index in [0.29, 0.717) is 13.0 Å². The van der Waals surface area contributed by atoms with Crippen LogP contribution in [0.3, 0.4) is 0 Å². The smallest absolute Gasteiger partial charge is 0.480 e. The molecule has 39 heteroatoms. The van der Waals surface area contributed by atoms with Crippen LogP contribution in [0.1, 0.15) is 56.6 Å². The standard InChI is InChI=1S/C30H33N3O8S2.C25H25N3O7S2.C25H24N2O7S2.C5H11NO2/c34-27(19-31-30(36)40-20-22-9-3-1-4-10-22)32-26(29(35)33-41-28-13-7-8-18-39-28)21-43(37,38)25-16-14-24(15-17-25)42-23-11-5-2-6-12-23;29-23(15-26-25(31)35-16-18-7-3-1-4-8-18)27-22(24(30)28-32)17-37(33,34)21-13-11-20(12-14-21)36-19-9-5-2-6-10-19;28-23(15-26-25(31)34-16-18-7-3-1-4-8-18)27-22(24(29)30)17-36(32,33)21-13-11-20(12-14-21)35-19-9-5-2-6-10-19;6-8-5-3-1-2-4-7-5/h1-6,9-12,14-17,26,28H,7-8,13,18-21H2,(H,31,36)(H,32,34)(H,33,35);1-14,22,32H,15-17H2,(H,26,31)(H,27,29)(H,28,30);1-14,22H,15-17H2,(H,26,31)(H,27,28)(H,29,30);5H,1-4,6H2/p+1. The zero-order valence-corrected chi connectivity index (χ0v) is 71.5. The van der Waals surface area contributed by atoms with Crippen molar-refractivity contribution in [3.8, 4) is 0 Å². The number of carbonyl (C=O) groups is 9. The molecule has 0 bridgehead atoms. The van der Waals surface area contributed by atoms with Gasteiger partial charge in [-0.2, -0.15) is 0 Å². The molecule has 2 aliphatic heterocycles. The highest BCUT2D eigenvalue weighted by Gasteiger charge is 2.33. The first-order valence-corrected chi connectivity index (χ1v) is 45.7. The lowest BCUT2D eigenvalue weighted by atomic mass is 10.2. The Labute approximate surface area is 730 Å². The van der Waals surface area contributed by atoms with Crippen LogP contribution in [0.5, 0.6) is 0 Å². The van der Waals surface area contributed by atoms with Crippen molar-refractivity contribution in [3.63, 3.8) is 0 Å². The van der Waals surface area contributed by atoms with Crippen molar-refractivity contribution >= 4 is 119 Å². The van der Waals surface area contributed by atoms with E-state index in [1.807, 2.05) is 109 Å². The number of carboxylic acid groups (broad SMARTS) is 1. The number of amides is 8. The molecule has 33 nitrogen and oxygen atoms in total. The lowest BCUT2D eigenvalue weighted by Gasteiger charge is -2.24. The molecule has 0 radical (unpaired) electrons. The van der Waals surface area contributed by atoms with E-state index in [2.05, 4.69) is 42.2 Å². The largest absolute Gasteiger partial charge is 1.00 e. The van der Waals surface area contributed by atoms with Crippen LogP contribution >= 0.6 is 35.3 Å². The van der Waals surface area contributed by atoms with Crippen LogP contribution in [-0.4, -0.2) is 170 Å². The zero-order chi connectivity index (χ0) is 89.0. The summed E-state index contributed by atoms with van der Waals surface area (Å²) in [6.07, 6.45) is 2.11. The molecule has 658 valence electrons. The molecule has 2 fully saturated rings. The third-order valence-corrected chi connectivity index (χ3v) is 25.6. The molecule has 12 N–H and O–H groups in total. The molecule has 0 saturated carbocycles. The van der Waals surface area contributed by atoms with Crippen molar-refractivity contribution in [1.29, 1.82) is 0 Å². The van der Waals surface area contributed by atoms with E-state index in [1.165, 1.54) is 83.6 Å². The fraction of sp³-hybridized carbons (Fsp3) is 0.259. The topological polar surface area (TPSA) is 483 Å². The number of aliphatic carboxylic acids is 1. The highest BCUT2D eigenvalue weighted by Crippen LogP contribution is 2.32. The minimum atomic E-state index is -4.04. The molecule has 0 aliphatic carbocycles. The van der Waals surface area contributed by atoms with Crippen LogP contribution in [0.15, 0.2) is 299 Å². The first kappa shape index (κ1) is 97.7. The number of carbonyl (C=O) groups excluding carboxylic acids is 8. The van der Waals surface area contributed by atoms with E-state index in [4.69, 9.17) is 39.6 Å². The van der Waals surface area contributed by atoms with E-state index >= 15 is 0 Å². The first-order chi connectivity index (χ1) is 59.7. The van der Waals surface area contributed by atoms with Crippen molar-refractivity contribution in [3.05, 3.63) is 271 Å². The number of nitrogens with one attached hydrogen (secondary N) is 8. The van der Waals surface area contributed by atoms with Gasteiger partial charge < -0.3 is 60.7 Å². The quantitative estimate of drug-likeness (QED) is 0.00988. The number of hydrogen-bond donors (Lipinski definition) is 11. The highest BCUT2D eigenvalue weighted by atomic mass is 32.2. The van der Waals surface area contributed by atoms with Gasteiger partial charge in [0.1, 0.15) is 57.6 Å². The van der Waals surface area contributed by atoms with E-state index < -0.39 is 145 Å². The molecule has 8 amide bonds. The zero-order valence-electron chi connectivity index (χ0n) is 67.6. The molecule has 9 aromatic rings. The average molecular weight is 1820 g/mol. The van der Waals surface area contributed by atoms with E-state index in [9.17, 15) is 73.5 Å². The second kappa shape index (κ2) is 52.0. The van der Waals surface area contributed by atoms with E-state index in [1.54, 1.807) is 109 Å². The molecule has 5 unspecified atom stereocenters. The SMILES string of the molecule is NOC1CCCCO1.O=C(CNC(=O)OCc1ccccc1)NC(CS(=O)(=O)c1ccc(Sc2ccccc2)cc1)C(=O)NO.O=C(CNC(=O)OCc1ccccc1)NC(CS(=O)(=O)c1ccc(Sc2ccccc2)cc1)C(=O)NOC1CCCCO1.O=C(CNC(=O)OCc1ccccc1)NC(CS(=O)(=O)c1ccc(Sc2ccccc2)cc1)C(=O)O.[H+]. The summed E-state index contributed by atoms with van der Waals surface area (Å²) < 4.78 is 103. The Morgan fingerprint density at radius 2 is 0.669 bits per heavy atom. The summed E-state index contributed by atoms with van der Waals surface area (Å²) in [5.41, 5.74) is 5.82. The van der Waals surface area contributed by atoms with Gasteiger partial charge in [0.05, 0.1) is 31.9 Å². The summed E-state index contributed by atoms with van der Waals surface area (Å²) in [6.45, 7) is -0.452. The predicted octanol–water partition coefficient (Wildman–Crippen LogP) is 9.75. The van der Waals surface area contributed by atoms with Gasteiger partial charge in [-0.25, -0.2) is 66.1 Å². The van der Waals surface area contributed by atoms with Crippen LogP contribution in [0.25, 0.3) is 0 Å². The van der Waals surface area contributed by atoms with E-state index in [0.717, 1.165) is 78.4 Å². The maximum absolute atomic E-state index is 13.3. The van der Waals surface area contributed by atoms with Gasteiger partial charge in [-0.05, 0) is 152 Å². The second-order valence-corrected chi connectivity index (χ2v) is 36.3. The van der Waals surface area contributed by atoms with Gasteiger partial charge in [-0.1, -0.05) is 181 Å². The van der Waals surface area contributed by atoms with Gasteiger partial charge in [0.2, 0.25) is 17.7 Å². The number of benzene rings is 9. The Hall–Kier alpha value is -11.7. The van der Waals surface area contributed by atoms with Crippen LogP contribution in [0.2, 0.25) is 0 Å². The van der Waals surface area contributed by atoms with Gasteiger partial charge in [0.15, 0.2) is 42.1 Å². The van der Waals surface area contributed by atoms with Crippen LogP contribution in [0, 0.1) is 0 Å². The summed E-state index contributed by atoms with van der Waals surface area (Å²) in [4.78, 5) is 124. The van der Waals surface area contributed by atoms with Gasteiger partial charge in [0, 0.05) is 55.4 Å². The average Bonchev–Trinajstić information content (AvgIpc) is 0.830. The Kier molecular flexibility index (Phi) is 41.0.